The Hall–Kier alpha value is -8.34. The second-order valence-electron chi connectivity index (χ2n) is 15.2. The summed E-state index contributed by atoms with van der Waals surface area (Å²) in [5, 5.41) is 29.2. The lowest BCUT2D eigenvalue weighted by molar-refractivity contribution is -0.116. The molecule has 2 amide bonds. The van der Waals surface area contributed by atoms with Crippen LogP contribution in [0.15, 0.2) is 158 Å². The van der Waals surface area contributed by atoms with E-state index in [0.29, 0.717) is 81.4 Å². The van der Waals surface area contributed by atoms with E-state index in [1.165, 1.54) is 0 Å². The highest BCUT2D eigenvalue weighted by Crippen LogP contribution is 2.29. The molecule has 0 radical (unpaired) electrons. The van der Waals surface area contributed by atoms with Gasteiger partial charge in [0.15, 0.2) is 11.3 Å². The molecule has 328 valence electrons. The Bertz CT molecular complexity index is 3000. The van der Waals surface area contributed by atoms with Crippen LogP contribution in [0, 0.1) is 0 Å². The normalized spacial score (nSPS) is 14.6. The molecular weight excluding hydrogens is 876 g/mol. The van der Waals surface area contributed by atoms with Crippen LogP contribution in [-0.4, -0.2) is 51.0 Å². The maximum absolute atomic E-state index is 12.2. The number of aromatic nitrogens is 8. The average Bonchev–Trinajstić information content (AvgIpc) is 4.08. The molecule has 10 rings (SSSR count). The molecule has 0 unspecified atom stereocenters. The first-order chi connectivity index (χ1) is 32.1. The van der Waals surface area contributed by atoms with E-state index in [4.69, 9.17) is 33.2 Å². The summed E-state index contributed by atoms with van der Waals surface area (Å²) in [5.74, 6) is 2.40. The smallest absolute Gasteiger partial charge is 0.251 e. The zero-order valence-corrected chi connectivity index (χ0v) is 36.6. The minimum atomic E-state index is -0.150. The minimum Gasteiger partial charge on any atom is -0.366 e. The standard InChI is InChI=1S/2C24H20ClN7O/c1-15-8-17(24(33)29-15)9-18-14-28-32-22(27-13-16-4-3-7-26-12-16)11-21(31-23(18)32)30-20-6-2-5-19(25)10-20;1-15-9-17(24(33)29-15)10-18-14-28-32-22(27-13-16-5-7-26-8-6-16)12-21(31-23(18)32)30-20-4-2-3-19(25)11-20/h2-7,9-12,14,27H,1,8,13H2,(H,29,33)(H,30,31);2-8,10-12,14,27H,1,9,13H2,(H,29,33)(H,30,31)/b17-9+;17-10+. The molecule has 16 nitrogen and oxygen atoms in total. The number of rotatable bonds is 12. The monoisotopic (exact) mass is 914 g/mol. The van der Waals surface area contributed by atoms with Crippen molar-refractivity contribution in [3.63, 3.8) is 0 Å². The van der Waals surface area contributed by atoms with E-state index in [2.05, 4.69) is 65.2 Å². The summed E-state index contributed by atoms with van der Waals surface area (Å²) < 4.78 is 3.44. The molecule has 2 fully saturated rings. The first-order valence-corrected chi connectivity index (χ1v) is 21.3. The molecule has 0 bridgehead atoms. The van der Waals surface area contributed by atoms with Crippen LogP contribution >= 0.6 is 23.2 Å². The Balaban J connectivity index is 0.000000166. The first-order valence-electron chi connectivity index (χ1n) is 20.6. The summed E-state index contributed by atoms with van der Waals surface area (Å²) in [7, 11) is 0. The molecule has 0 spiro atoms. The van der Waals surface area contributed by atoms with Crippen molar-refractivity contribution in [2.24, 2.45) is 0 Å². The number of amides is 2. The molecule has 8 heterocycles. The molecule has 2 aliphatic heterocycles. The molecule has 0 aliphatic carbocycles. The van der Waals surface area contributed by atoms with Gasteiger partial charge in [-0.3, -0.25) is 19.6 Å². The molecule has 2 aliphatic rings. The first kappa shape index (κ1) is 42.9. The number of carbonyl (C=O) groups is 2. The number of nitrogens with zero attached hydrogens (tertiary/aromatic N) is 8. The van der Waals surface area contributed by atoms with Crippen molar-refractivity contribution in [3.8, 4) is 0 Å². The predicted molar refractivity (Wildman–Crippen MR) is 258 cm³/mol. The van der Waals surface area contributed by atoms with Gasteiger partial charge in [-0.15, -0.1) is 0 Å². The lowest BCUT2D eigenvalue weighted by atomic mass is 10.1. The SMILES string of the molecule is C=C1C/C(=C\c2cnn3c(NCc4cccnc4)cc(Nc4cccc(Cl)c4)nc23)C(=O)N1.C=C1C/C(=C\c2cnn3c(NCc4ccncc4)cc(Nc4cccc(Cl)c4)nc23)C(=O)N1. The highest BCUT2D eigenvalue weighted by Gasteiger charge is 2.22. The van der Waals surface area contributed by atoms with Gasteiger partial charge in [-0.2, -0.15) is 19.2 Å². The Morgan fingerprint density at radius 1 is 0.606 bits per heavy atom. The van der Waals surface area contributed by atoms with Crippen molar-refractivity contribution in [1.82, 2.24) is 49.8 Å². The van der Waals surface area contributed by atoms with Crippen molar-refractivity contribution in [2.75, 3.05) is 21.3 Å². The second kappa shape index (κ2) is 19.2. The molecule has 0 saturated carbocycles. The average molecular weight is 916 g/mol. The van der Waals surface area contributed by atoms with E-state index in [-0.39, 0.29) is 11.8 Å². The third-order valence-corrected chi connectivity index (χ3v) is 10.7. The van der Waals surface area contributed by atoms with Crippen molar-refractivity contribution in [2.45, 2.75) is 25.9 Å². The maximum atomic E-state index is 12.2. The predicted octanol–water partition coefficient (Wildman–Crippen LogP) is 9.10. The van der Waals surface area contributed by atoms with Gasteiger partial charge in [0, 0.05) is 118 Å². The Morgan fingerprint density at radius 3 is 1.58 bits per heavy atom. The van der Waals surface area contributed by atoms with E-state index in [1.807, 2.05) is 84.9 Å². The van der Waals surface area contributed by atoms with E-state index in [1.54, 1.807) is 58.4 Å². The Labute approximate surface area is 388 Å². The zero-order chi connectivity index (χ0) is 45.6. The van der Waals surface area contributed by atoms with Crippen LogP contribution in [0.3, 0.4) is 0 Å². The van der Waals surface area contributed by atoms with Crippen LogP contribution in [0.1, 0.15) is 35.1 Å². The van der Waals surface area contributed by atoms with E-state index in [9.17, 15) is 9.59 Å². The molecular formula is C48H40Cl2N14O2. The Kier molecular flexibility index (Phi) is 12.5. The Morgan fingerprint density at radius 2 is 1.12 bits per heavy atom. The number of halogens is 2. The van der Waals surface area contributed by atoms with Gasteiger partial charge in [0.05, 0.1) is 12.4 Å². The number of pyridine rings is 2. The van der Waals surface area contributed by atoms with Gasteiger partial charge in [0.1, 0.15) is 23.3 Å². The van der Waals surface area contributed by atoms with Crippen LogP contribution in [0.25, 0.3) is 23.4 Å². The highest BCUT2D eigenvalue weighted by molar-refractivity contribution is 6.31. The van der Waals surface area contributed by atoms with Gasteiger partial charge in [-0.05, 0) is 77.9 Å². The zero-order valence-electron chi connectivity index (χ0n) is 35.1. The van der Waals surface area contributed by atoms with Crippen LogP contribution in [0.4, 0.5) is 34.6 Å². The molecule has 2 saturated heterocycles. The van der Waals surface area contributed by atoms with Gasteiger partial charge < -0.3 is 31.9 Å². The van der Waals surface area contributed by atoms with Gasteiger partial charge in [0.2, 0.25) is 0 Å². The number of hydrogen-bond acceptors (Lipinski definition) is 12. The molecule has 66 heavy (non-hydrogen) atoms. The van der Waals surface area contributed by atoms with Crippen LogP contribution in [-0.2, 0) is 22.7 Å². The largest absolute Gasteiger partial charge is 0.366 e. The van der Waals surface area contributed by atoms with Crippen LogP contribution in [0.2, 0.25) is 10.0 Å². The van der Waals surface area contributed by atoms with E-state index < -0.39 is 0 Å². The number of carbonyl (C=O) groups excluding carboxylic acids is 2. The van der Waals surface area contributed by atoms with Gasteiger partial charge in [-0.1, -0.05) is 54.6 Å². The summed E-state index contributed by atoms with van der Waals surface area (Å²) in [4.78, 5) is 42.1. The van der Waals surface area contributed by atoms with Crippen molar-refractivity contribution < 1.29 is 9.59 Å². The molecule has 6 N–H and O–H groups in total. The van der Waals surface area contributed by atoms with Gasteiger partial charge in [0.25, 0.3) is 11.8 Å². The van der Waals surface area contributed by atoms with Crippen molar-refractivity contribution in [3.05, 3.63) is 190 Å². The topological polar surface area (TPSA) is 192 Å². The molecule has 8 aromatic rings. The minimum absolute atomic E-state index is 0.149. The number of allylic oxidation sites excluding steroid dienone is 2. The third-order valence-electron chi connectivity index (χ3n) is 10.2. The van der Waals surface area contributed by atoms with Gasteiger partial charge in [-0.25, -0.2) is 9.97 Å². The molecule has 18 heteroatoms. The van der Waals surface area contributed by atoms with Crippen LogP contribution < -0.4 is 31.9 Å². The molecule has 6 aromatic heterocycles. The lowest BCUT2D eigenvalue weighted by Crippen LogP contribution is -2.12. The fraction of sp³-hybridized carbons (Fsp3) is 0.0833. The summed E-state index contributed by atoms with van der Waals surface area (Å²) >= 11 is 12.3. The quantitative estimate of drug-likeness (QED) is 0.0638. The van der Waals surface area contributed by atoms with E-state index in [0.717, 1.165) is 45.3 Å². The van der Waals surface area contributed by atoms with Crippen LogP contribution in [0.5, 0.6) is 0 Å². The van der Waals surface area contributed by atoms with Crippen molar-refractivity contribution in [1.29, 1.82) is 0 Å². The maximum Gasteiger partial charge on any atom is 0.251 e. The molecule has 0 atom stereocenters. The van der Waals surface area contributed by atoms with Gasteiger partial charge >= 0.3 is 0 Å². The summed E-state index contributed by atoms with van der Waals surface area (Å²) in [5.41, 5.74) is 9.00. The van der Waals surface area contributed by atoms with E-state index >= 15 is 0 Å². The third kappa shape index (κ3) is 10.2. The fourth-order valence-corrected chi connectivity index (χ4v) is 7.54. The summed E-state index contributed by atoms with van der Waals surface area (Å²) in [6, 6.07) is 26.4. The number of fused-ring (bicyclic) bond motifs is 2. The number of hydrogen-bond donors (Lipinski definition) is 6. The highest BCUT2D eigenvalue weighted by atomic mass is 35.5. The van der Waals surface area contributed by atoms with Crippen molar-refractivity contribution >= 4 is 93.1 Å². The number of benzene rings is 2. The summed E-state index contributed by atoms with van der Waals surface area (Å²) in [6.07, 6.45) is 15.0. The molecule has 2 aromatic carbocycles. The fourth-order valence-electron chi connectivity index (χ4n) is 7.16. The summed E-state index contributed by atoms with van der Waals surface area (Å²) in [6.45, 7) is 8.81. The number of nitrogens with one attached hydrogen (secondary N) is 6. The number of anilines is 6. The lowest BCUT2D eigenvalue weighted by Gasteiger charge is -2.12. The second-order valence-corrected chi connectivity index (χ2v) is 16.1.